The second-order valence-corrected chi connectivity index (χ2v) is 4.98. The first-order valence-electron chi connectivity index (χ1n) is 4.63. The van der Waals surface area contributed by atoms with Gasteiger partial charge in [0, 0.05) is 12.8 Å². The van der Waals surface area contributed by atoms with Crippen LogP contribution >= 0.6 is 7.60 Å². The van der Waals surface area contributed by atoms with Gasteiger partial charge in [-0.25, -0.2) is 4.57 Å². The molecule has 0 aromatic rings. The van der Waals surface area contributed by atoms with Crippen LogP contribution in [0.2, 0.25) is 0 Å². The molecule has 0 aromatic heterocycles. The number of rotatable bonds is 7. The quantitative estimate of drug-likeness (QED) is 0.650. The highest BCUT2D eigenvalue weighted by Gasteiger charge is 2.22. The Hall–Kier alpha value is -0.870. The van der Waals surface area contributed by atoms with Gasteiger partial charge in [0.15, 0.2) is 0 Å². The lowest BCUT2D eigenvalue weighted by atomic mass is 10.2. The van der Waals surface area contributed by atoms with Gasteiger partial charge >= 0.3 is 19.5 Å². The van der Waals surface area contributed by atoms with Gasteiger partial charge in [0.2, 0.25) is 0 Å². The van der Waals surface area contributed by atoms with E-state index < -0.39 is 19.5 Å². The lowest BCUT2D eigenvalue weighted by Gasteiger charge is -2.10. The van der Waals surface area contributed by atoms with E-state index in [4.69, 9.17) is 10.00 Å². The average Bonchev–Trinajstić information content (AvgIpc) is 2.01. The number of carboxylic acids is 1. The maximum Gasteiger partial charge on any atom is 0.378 e. The van der Waals surface area contributed by atoms with Crippen LogP contribution in [-0.2, 0) is 18.7 Å². The van der Waals surface area contributed by atoms with Gasteiger partial charge in [-0.3, -0.25) is 9.59 Å². The number of carboxylic acid groups (broad SMARTS) is 1. The van der Waals surface area contributed by atoms with Crippen molar-refractivity contribution < 1.29 is 28.7 Å². The molecule has 0 aliphatic heterocycles. The number of hydrogen-bond donors (Lipinski definition) is 2. The summed E-state index contributed by atoms with van der Waals surface area (Å²) in [5.41, 5.74) is 0. The van der Waals surface area contributed by atoms with Crippen molar-refractivity contribution in [3.8, 4) is 0 Å². The maximum absolute atomic E-state index is 11.1. The smallest absolute Gasteiger partial charge is 0.378 e. The number of carbonyl (C=O) groups is 2. The van der Waals surface area contributed by atoms with E-state index in [0.717, 1.165) is 0 Å². The SMILES string of the molecule is CCCP(=O)(O)OC(=O)CCCC(=O)O. The predicted molar refractivity (Wildman–Crippen MR) is 52.6 cm³/mol. The minimum Gasteiger partial charge on any atom is -0.481 e. The standard InChI is InChI=1S/C8H15O6P/c1-2-6-15(12,13)14-8(11)5-3-4-7(9)10/h2-6H2,1H3,(H,9,10)(H,12,13). The van der Waals surface area contributed by atoms with Crippen LogP contribution < -0.4 is 0 Å². The minimum absolute atomic E-state index is 0.0718. The normalized spacial score (nSPS) is 14.3. The first-order valence-corrected chi connectivity index (χ1v) is 6.39. The Morgan fingerprint density at radius 1 is 1.33 bits per heavy atom. The van der Waals surface area contributed by atoms with Crippen molar-refractivity contribution in [2.75, 3.05) is 6.16 Å². The van der Waals surface area contributed by atoms with Gasteiger partial charge < -0.3 is 14.5 Å². The minimum atomic E-state index is -3.81. The molecule has 0 aromatic carbocycles. The van der Waals surface area contributed by atoms with E-state index in [9.17, 15) is 14.2 Å². The van der Waals surface area contributed by atoms with E-state index in [2.05, 4.69) is 4.52 Å². The zero-order valence-corrected chi connectivity index (χ0v) is 9.40. The molecule has 0 saturated carbocycles. The van der Waals surface area contributed by atoms with Crippen molar-refractivity contribution in [2.24, 2.45) is 0 Å². The van der Waals surface area contributed by atoms with Gasteiger partial charge in [-0.05, 0) is 12.8 Å². The molecule has 1 atom stereocenters. The Morgan fingerprint density at radius 3 is 2.40 bits per heavy atom. The van der Waals surface area contributed by atoms with Crippen LogP contribution in [-0.4, -0.2) is 28.1 Å². The topological polar surface area (TPSA) is 101 Å². The summed E-state index contributed by atoms with van der Waals surface area (Å²) in [6, 6.07) is 0. The molecule has 2 N–H and O–H groups in total. The molecular formula is C8H15O6P. The summed E-state index contributed by atoms with van der Waals surface area (Å²) >= 11 is 0. The number of hydrogen-bond acceptors (Lipinski definition) is 4. The highest BCUT2D eigenvalue weighted by atomic mass is 31.2. The predicted octanol–water partition coefficient (Wildman–Crippen LogP) is 1.38. The monoisotopic (exact) mass is 238 g/mol. The van der Waals surface area contributed by atoms with Crippen molar-refractivity contribution in [3.05, 3.63) is 0 Å². The Labute approximate surface area is 87.8 Å². The van der Waals surface area contributed by atoms with Crippen molar-refractivity contribution in [3.63, 3.8) is 0 Å². The summed E-state index contributed by atoms with van der Waals surface area (Å²) in [4.78, 5) is 30.2. The van der Waals surface area contributed by atoms with Crippen LogP contribution in [0.5, 0.6) is 0 Å². The fraction of sp³-hybridized carbons (Fsp3) is 0.750. The highest BCUT2D eigenvalue weighted by molar-refractivity contribution is 7.53. The Balaban J connectivity index is 3.83. The fourth-order valence-electron chi connectivity index (χ4n) is 0.917. The number of carbonyl (C=O) groups excluding carboxylic acids is 1. The van der Waals surface area contributed by atoms with Gasteiger partial charge in [0.25, 0.3) is 0 Å². The molecule has 0 bridgehead atoms. The van der Waals surface area contributed by atoms with Crippen LogP contribution in [0.25, 0.3) is 0 Å². The van der Waals surface area contributed by atoms with Gasteiger partial charge in [-0.1, -0.05) is 6.92 Å². The van der Waals surface area contributed by atoms with E-state index in [1.807, 2.05) is 0 Å². The highest BCUT2D eigenvalue weighted by Crippen LogP contribution is 2.42. The first-order chi connectivity index (χ1) is 6.87. The van der Waals surface area contributed by atoms with Gasteiger partial charge in [-0.2, -0.15) is 0 Å². The summed E-state index contributed by atoms with van der Waals surface area (Å²) in [5, 5.41) is 8.29. The summed E-state index contributed by atoms with van der Waals surface area (Å²) in [6.45, 7) is 1.70. The molecule has 0 rings (SSSR count). The molecule has 1 unspecified atom stereocenters. The van der Waals surface area contributed by atoms with Gasteiger partial charge in [0.1, 0.15) is 0 Å². The van der Waals surface area contributed by atoms with Crippen LogP contribution in [0.4, 0.5) is 0 Å². The molecule has 0 amide bonds. The van der Waals surface area contributed by atoms with E-state index in [0.29, 0.717) is 6.42 Å². The molecule has 15 heavy (non-hydrogen) atoms. The fourth-order valence-corrected chi connectivity index (χ4v) is 1.98. The third-order valence-electron chi connectivity index (χ3n) is 1.52. The summed E-state index contributed by atoms with van der Waals surface area (Å²) in [6.07, 6.45) is 0.174. The lowest BCUT2D eigenvalue weighted by Crippen LogP contribution is -2.05. The average molecular weight is 238 g/mol. The molecule has 7 heteroatoms. The Kier molecular flexibility index (Phi) is 6.20. The molecule has 6 nitrogen and oxygen atoms in total. The first kappa shape index (κ1) is 14.1. The molecule has 0 spiro atoms. The molecule has 0 radical (unpaired) electrons. The molecule has 0 saturated heterocycles. The number of aliphatic carboxylic acids is 1. The summed E-state index contributed by atoms with van der Waals surface area (Å²) in [5.74, 6) is -1.83. The van der Waals surface area contributed by atoms with Crippen molar-refractivity contribution in [1.29, 1.82) is 0 Å². The van der Waals surface area contributed by atoms with Gasteiger partial charge in [0.05, 0.1) is 6.16 Å². The largest absolute Gasteiger partial charge is 0.481 e. The van der Waals surface area contributed by atoms with Crippen molar-refractivity contribution in [2.45, 2.75) is 32.6 Å². The molecular weight excluding hydrogens is 223 g/mol. The molecule has 0 aliphatic carbocycles. The van der Waals surface area contributed by atoms with Crippen molar-refractivity contribution in [1.82, 2.24) is 0 Å². The summed E-state index contributed by atoms with van der Waals surface area (Å²) in [7, 11) is -3.81. The lowest BCUT2D eigenvalue weighted by molar-refractivity contribution is -0.137. The third-order valence-corrected chi connectivity index (χ3v) is 3.02. The molecule has 0 fully saturated rings. The van der Waals surface area contributed by atoms with E-state index in [-0.39, 0.29) is 25.4 Å². The van der Waals surface area contributed by atoms with E-state index in [1.54, 1.807) is 6.92 Å². The van der Waals surface area contributed by atoms with E-state index >= 15 is 0 Å². The summed E-state index contributed by atoms with van der Waals surface area (Å²) < 4.78 is 15.5. The van der Waals surface area contributed by atoms with Crippen LogP contribution in [0.15, 0.2) is 0 Å². The van der Waals surface area contributed by atoms with E-state index in [1.165, 1.54) is 0 Å². The Bertz CT molecular complexity index is 274. The van der Waals surface area contributed by atoms with Gasteiger partial charge in [-0.15, -0.1) is 0 Å². The van der Waals surface area contributed by atoms with Crippen LogP contribution in [0.3, 0.4) is 0 Å². The van der Waals surface area contributed by atoms with Crippen LogP contribution in [0, 0.1) is 0 Å². The third kappa shape index (κ3) is 8.15. The molecule has 0 heterocycles. The second kappa shape index (κ2) is 6.58. The second-order valence-electron chi connectivity index (χ2n) is 3.07. The maximum atomic E-state index is 11.1. The zero-order valence-electron chi connectivity index (χ0n) is 8.51. The molecule has 0 aliphatic rings. The van der Waals surface area contributed by atoms with Crippen LogP contribution in [0.1, 0.15) is 32.6 Å². The Morgan fingerprint density at radius 2 is 1.93 bits per heavy atom. The molecule has 88 valence electrons. The zero-order chi connectivity index (χ0) is 11.9. The van der Waals surface area contributed by atoms with Crippen molar-refractivity contribution >= 4 is 19.5 Å².